The number of carbonyl (C=O) groups is 1. The molecule has 4 nitrogen and oxygen atoms in total. The number of rotatable bonds is 1. The Labute approximate surface area is 74.5 Å². The van der Waals surface area contributed by atoms with Crippen molar-refractivity contribution < 1.29 is 14.4 Å². The molecule has 1 rings (SSSR count). The lowest BCUT2D eigenvalue weighted by Crippen LogP contribution is -2.27. The van der Waals surface area contributed by atoms with Crippen LogP contribution in [0.2, 0.25) is 0 Å². The monoisotopic (exact) mass is 184 g/mol. The van der Waals surface area contributed by atoms with Crippen molar-refractivity contribution >= 4 is 11.7 Å². The highest BCUT2D eigenvalue weighted by Crippen LogP contribution is 2.08. The fourth-order valence-corrected chi connectivity index (χ4v) is 0.771. The maximum Gasteiger partial charge on any atom is 0.345 e. The Morgan fingerprint density at radius 2 is 2.31 bits per heavy atom. The van der Waals surface area contributed by atoms with Gasteiger partial charge in [0.25, 0.3) is 0 Å². The highest BCUT2D eigenvalue weighted by molar-refractivity contribution is 5.88. The second-order valence-corrected chi connectivity index (χ2v) is 2.46. The van der Waals surface area contributed by atoms with Crippen LogP contribution >= 0.6 is 0 Å². The van der Waals surface area contributed by atoms with E-state index in [1.54, 1.807) is 0 Å². The average Bonchev–Trinajstić information content (AvgIpc) is 2.04. The highest BCUT2D eigenvalue weighted by Gasteiger charge is 2.04. The van der Waals surface area contributed by atoms with E-state index in [4.69, 9.17) is 5.21 Å². The number of hydrogen-bond donors (Lipinski definition) is 2. The molecule has 0 heterocycles. The van der Waals surface area contributed by atoms with Crippen molar-refractivity contribution in [1.82, 2.24) is 5.06 Å². The summed E-state index contributed by atoms with van der Waals surface area (Å²) in [6, 6.07) is 4.68. The summed E-state index contributed by atoms with van der Waals surface area (Å²) >= 11 is 0. The smallest absolute Gasteiger partial charge is 0.306 e. The number of anilines is 1. The van der Waals surface area contributed by atoms with Crippen LogP contribution in [-0.2, 0) is 0 Å². The lowest BCUT2D eigenvalue weighted by Gasteiger charge is -2.09. The molecule has 0 atom stereocenters. The predicted molar refractivity (Wildman–Crippen MR) is 45.0 cm³/mol. The van der Waals surface area contributed by atoms with Crippen molar-refractivity contribution in [2.75, 3.05) is 12.4 Å². The summed E-state index contributed by atoms with van der Waals surface area (Å²) in [4.78, 5) is 10.9. The Kier molecular flexibility index (Phi) is 2.81. The molecule has 70 valence electrons. The lowest BCUT2D eigenvalue weighted by molar-refractivity contribution is -0.0118. The Hall–Kier alpha value is -1.62. The third-order valence-electron chi connectivity index (χ3n) is 1.37. The van der Waals surface area contributed by atoms with Gasteiger partial charge in [-0.3, -0.25) is 5.21 Å². The Balaban J connectivity index is 2.69. The normalized spacial score (nSPS) is 9.46. The maximum absolute atomic E-state index is 12.6. The van der Waals surface area contributed by atoms with Crippen molar-refractivity contribution in [2.45, 2.75) is 0 Å². The van der Waals surface area contributed by atoms with Crippen molar-refractivity contribution in [2.24, 2.45) is 0 Å². The van der Waals surface area contributed by atoms with E-state index in [0.717, 1.165) is 6.07 Å². The lowest BCUT2D eigenvalue weighted by atomic mass is 10.3. The summed E-state index contributed by atoms with van der Waals surface area (Å²) in [6.45, 7) is 0. The number of hydroxylamine groups is 2. The van der Waals surface area contributed by atoms with E-state index < -0.39 is 11.8 Å². The summed E-state index contributed by atoms with van der Waals surface area (Å²) in [5.74, 6) is -0.446. The first-order chi connectivity index (χ1) is 6.09. The molecule has 1 aromatic carbocycles. The molecule has 2 amide bonds. The highest BCUT2D eigenvalue weighted by atomic mass is 19.1. The van der Waals surface area contributed by atoms with E-state index in [2.05, 4.69) is 5.32 Å². The Bertz CT molecular complexity index is 315. The molecular weight excluding hydrogens is 175 g/mol. The molecule has 13 heavy (non-hydrogen) atoms. The third-order valence-corrected chi connectivity index (χ3v) is 1.37. The van der Waals surface area contributed by atoms with Crippen LogP contribution in [0.15, 0.2) is 24.3 Å². The number of nitrogens with zero attached hydrogens (tertiary/aromatic N) is 1. The minimum atomic E-state index is -0.717. The maximum atomic E-state index is 12.6. The quantitative estimate of drug-likeness (QED) is 0.515. The minimum absolute atomic E-state index is 0.297. The van der Waals surface area contributed by atoms with Crippen LogP contribution in [-0.4, -0.2) is 23.3 Å². The zero-order valence-corrected chi connectivity index (χ0v) is 6.99. The molecule has 1 aromatic rings. The summed E-state index contributed by atoms with van der Waals surface area (Å²) in [7, 11) is 1.18. The molecular formula is C8H9FN2O2. The van der Waals surface area contributed by atoms with Gasteiger partial charge in [0.1, 0.15) is 5.82 Å². The first kappa shape index (κ1) is 9.47. The molecule has 0 saturated heterocycles. The van der Waals surface area contributed by atoms with Crippen LogP contribution in [0.4, 0.5) is 14.9 Å². The fraction of sp³-hybridized carbons (Fsp3) is 0.125. The SMILES string of the molecule is CN(O)C(=O)Nc1cccc(F)c1. The van der Waals surface area contributed by atoms with Crippen molar-refractivity contribution in [3.05, 3.63) is 30.1 Å². The van der Waals surface area contributed by atoms with Gasteiger partial charge < -0.3 is 5.32 Å². The molecule has 0 aliphatic carbocycles. The number of halogens is 1. The molecule has 0 aliphatic heterocycles. The van der Waals surface area contributed by atoms with Gasteiger partial charge in [0.15, 0.2) is 0 Å². The number of benzene rings is 1. The van der Waals surface area contributed by atoms with Crippen molar-refractivity contribution in [3.8, 4) is 0 Å². The summed E-state index contributed by atoms with van der Waals surface area (Å²) in [5.41, 5.74) is 0.297. The zero-order chi connectivity index (χ0) is 9.84. The molecule has 0 spiro atoms. The van der Waals surface area contributed by atoms with Gasteiger partial charge in [-0.05, 0) is 18.2 Å². The van der Waals surface area contributed by atoms with Gasteiger partial charge in [-0.15, -0.1) is 0 Å². The molecule has 0 aromatic heterocycles. The Morgan fingerprint density at radius 1 is 1.62 bits per heavy atom. The van der Waals surface area contributed by atoms with Crippen LogP contribution in [0.1, 0.15) is 0 Å². The predicted octanol–water partition coefficient (Wildman–Crippen LogP) is 1.68. The van der Waals surface area contributed by atoms with E-state index in [0.29, 0.717) is 10.8 Å². The molecule has 0 bridgehead atoms. The number of carbonyl (C=O) groups excluding carboxylic acids is 1. The number of hydrogen-bond acceptors (Lipinski definition) is 2. The van der Waals surface area contributed by atoms with E-state index in [1.165, 1.54) is 25.2 Å². The first-order valence-electron chi connectivity index (χ1n) is 3.59. The molecule has 0 radical (unpaired) electrons. The van der Waals surface area contributed by atoms with Gasteiger partial charge in [-0.2, -0.15) is 0 Å². The third kappa shape index (κ3) is 2.72. The van der Waals surface area contributed by atoms with E-state index >= 15 is 0 Å². The second-order valence-electron chi connectivity index (χ2n) is 2.46. The van der Waals surface area contributed by atoms with Gasteiger partial charge in [0.2, 0.25) is 0 Å². The molecule has 2 N–H and O–H groups in total. The van der Waals surface area contributed by atoms with Gasteiger partial charge >= 0.3 is 6.03 Å². The molecule has 0 saturated carbocycles. The standard InChI is InChI=1S/C8H9FN2O2/c1-11(13)8(12)10-7-4-2-3-6(9)5-7/h2-5,13H,1H3,(H,10,12). The fourth-order valence-electron chi connectivity index (χ4n) is 0.771. The van der Waals surface area contributed by atoms with Gasteiger partial charge in [-0.25, -0.2) is 14.2 Å². The van der Waals surface area contributed by atoms with E-state index in [1.807, 2.05) is 0 Å². The van der Waals surface area contributed by atoms with Crippen LogP contribution in [0.25, 0.3) is 0 Å². The molecule has 0 unspecified atom stereocenters. The molecule has 5 heteroatoms. The number of amides is 2. The molecule has 0 fully saturated rings. The minimum Gasteiger partial charge on any atom is -0.306 e. The second kappa shape index (κ2) is 3.86. The Morgan fingerprint density at radius 3 is 2.85 bits per heavy atom. The topological polar surface area (TPSA) is 52.6 Å². The summed E-state index contributed by atoms with van der Waals surface area (Å²) in [5, 5.41) is 11.3. The van der Waals surface area contributed by atoms with Crippen LogP contribution in [0, 0.1) is 5.82 Å². The van der Waals surface area contributed by atoms with Gasteiger partial charge in [0.05, 0.1) is 0 Å². The first-order valence-corrected chi connectivity index (χ1v) is 3.59. The van der Waals surface area contributed by atoms with E-state index in [9.17, 15) is 9.18 Å². The van der Waals surface area contributed by atoms with Gasteiger partial charge in [0, 0.05) is 12.7 Å². The van der Waals surface area contributed by atoms with Crippen LogP contribution in [0.3, 0.4) is 0 Å². The number of nitrogens with one attached hydrogen (secondary N) is 1. The van der Waals surface area contributed by atoms with E-state index in [-0.39, 0.29) is 0 Å². The summed E-state index contributed by atoms with van der Waals surface area (Å²) in [6.07, 6.45) is 0. The average molecular weight is 184 g/mol. The molecule has 0 aliphatic rings. The van der Waals surface area contributed by atoms with Crippen LogP contribution in [0.5, 0.6) is 0 Å². The van der Waals surface area contributed by atoms with Crippen molar-refractivity contribution in [1.29, 1.82) is 0 Å². The van der Waals surface area contributed by atoms with Crippen LogP contribution < -0.4 is 5.32 Å². The number of urea groups is 1. The van der Waals surface area contributed by atoms with Crippen molar-refractivity contribution in [3.63, 3.8) is 0 Å². The zero-order valence-electron chi connectivity index (χ0n) is 6.99. The summed E-state index contributed by atoms with van der Waals surface area (Å²) < 4.78 is 12.6. The van der Waals surface area contributed by atoms with Gasteiger partial charge in [-0.1, -0.05) is 6.07 Å². The largest absolute Gasteiger partial charge is 0.345 e.